The lowest BCUT2D eigenvalue weighted by molar-refractivity contribution is 0.128. The van der Waals surface area contributed by atoms with Gasteiger partial charge in [-0.2, -0.15) is 0 Å². The standard InChI is InChI=1S/C13H22ClN3O2/c1-3-10(5-6-18)8-15-12-7-11(14)16-13(17-12)9-19-4-2/h7,10,18H,3-6,8-9H2,1-2H3,(H,15,16,17). The zero-order chi connectivity index (χ0) is 14.1. The van der Waals surface area contributed by atoms with E-state index in [1.165, 1.54) is 0 Å². The summed E-state index contributed by atoms with van der Waals surface area (Å²) in [5, 5.41) is 12.6. The summed E-state index contributed by atoms with van der Waals surface area (Å²) in [6, 6.07) is 1.70. The molecule has 0 radical (unpaired) electrons. The molecule has 1 atom stereocenters. The highest BCUT2D eigenvalue weighted by molar-refractivity contribution is 6.29. The van der Waals surface area contributed by atoms with Crippen LogP contribution in [0.25, 0.3) is 0 Å². The summed E-state index contributed by atoms with van der Waals surface area (Å²) in [5.74, 6) is 1.70. The molecule has 0 aliphatic rings. The van der Waals surface area contributed by atoms with Crippen LogP contribution in [0.1, 0.15) is 32.5 Å². The third-order valence-corrected chi connectivity index (χ3v) is 3.06. The molecule has 1 unspecified atom stereocenters. The van der Waals surface area contributed by atoms with Crippen LogP contribution in [0.15, 0.2) is 6.07 Å². The lowest BCUT2D eigenvalue weighted by Gasteiger charge is -2.15. The summed E-state index contributed by atoms with van der Waals surface area (Å²) in [7, 11) is 0. The molecule has 2 N–H and O–H groups in total. The van der Waals surface area contributed by atoms with Crippen molar-refractivity contribution >= 4 is 17.4 Å². The van der Waals surface area contributed by atoms with Gasteiger partial charge in [-0.15, -0.1) is 0 Å². The molecule has 1 heterocycles. The van der Waals surface area contributed by atoms with Crippen molar-refractivity contribution in [2.24, 2.45) is 5.92 Å². The van der Waals surface area contributed by atoms with E-state index in [1.54, 1.807) is 6.07 Å². The van der Waals surface area contributed by atoms with E-state index in [0.29, 0.717) is 35.9 Å². The van der Waals surface area contributed by atoms with Gasteiger partial charge in [0.25, 0.3) is 0 Å². The van der Waals surface area contributed by atoms with Crippen LogP contribution >= 0.6 is 11.6 Å². The minimum absolute atomic E-state index is 0.209. The Morgan fingerprint density at radius 2 is 2.21 bits per heavy atom. The van der Waals surface area contributed by atoms with Gasteiger partial charge < -0.3 is 15.2 Å². The average Bonchev–Trinajstić information content (AvgIpc) is 2.40. The van der Waals surface area contributed by atoms with E-state index in [1.807, 2.05) is 6.92 Å². The first-order valence-electron chi connectivity index (χ1n) is 6.65. The number of rotatable bonds is 9. The smallest absolute Gasteiger partial charge is 0.158 e. The van der Waals surface area contributed by atoms with Gasteiger partial charge in [0, 0.05) is 25.8 Å². The van der Waals surface area contributed by atoms with E-state index in [0.717, 1.165) is 19.4 Å². The molecule has 108 valence electrons. The van der Waals surface area contributed by atoms with Crippen LogP contribution in [0, 0.1) is 5.92 Å². The quantitative estimate of drug-likeness (QED) is 0.683. The van der Waals surface area contributed by atoms with Gasteiger partial charge in [-0.05, 0) is 19.3 Å². The molecule has 0 spiro atoms. The number of hydrogen-bond acceptors (Lipinski definition) is 5. The summed E-state index contributed by atoms with van der Waals surface area (Å²) >= 11 is 5.95. The van der Waals surface area contributed by atoms with Crippen molar-refractivity contribution in [2.45, 2.75) is 33.3 Å². The Morgan fingerprint density at radius 1 is 1.42 bits per heavy atom. The summed E-state index contributed by atoms with van der Waals surface area (Å²) in [4.78, 5) is 8.45. The highest BCUT2D eigenvalue weighted by Gasteiger charge is 2.08. The number of aromatic nitrogens is 2. The molecular weight excluding hydrogens is 266 g/mol. The van der Waals surface area contributed by atoms with Gasteiger partial charge in [0.05, 0.1) is 0 Å². The monoisotopic (exact) mass is 287 g/mol. The van der Waals surface area contributed by atoms with Crippen LogP contribution in [-0.2, 0) is 11.3 Å². The first-order valence-corrected chi connectivity index (χ1v) is 7.03. The molecule has 0 aliphatic heterocycles. The molecule has 0 aliphatic carbocycles. The minimum Gasteiger partial charge on any atom is -0.396 e. The molecule has 0 fully saturated rings. The first-order chi connectivity index (χ1) is 9.19. The van der Waals surface area contributed by atoms with Crippen LogP contribution < -0.4 is 5.32 Å². The zero-order valence-corrected chi connectivity index (χ0v) is 12.3. The van der Waals surface area contributed by atoms with Gasteiger partial charge in [0.1, 0.15) is 17.6 Å². The Morgan fingerprint density at radius 3 is 2.84 bits per heavy atom. The van der Waals surface area contributed by atoms with Crippen molar-refractivity contribution in [1.29, 1.82) is 0 Å². The molecule has 1 aromatic heterocycles. The number of hydrogen-bond donors (Lipinski definition) is 2. The van der Waals surface area contributed by atoms with Crippen molar-refractivity contribution in [3.63, 3.8) is 0 Å². The molecule has 0 amide bonds. The van der Waals surface area contributed by atoms with Crippen molar-refractivity contribution < 1.29 is 9.84 Å². The molecule has 6 heteroatoms. The Bertz CT molecular complexity index is 377. The van der Waals surface area contributed by atoms with Gasteiger partial charge in [0.15, 0.2) is 5.82 Å². The number of ether oxygens (including phenoxy) is 1. The summed E-state index contributed by atoms with van der Waals surface area (Å²) in [6.07, 6.45) is 1.80. The van der Waals surface area contributed by atoms with E-state index in [-0.39, 0.29) is 6.61 Å². The minimum atomic E-state index is 0.209. The normalized spacial score (nSPS) is 12.4. The summed E-state index contributed by atoms with van der Waals surface area (Å²) in [5.41, 5.74) is 0. The van der Waals surface area contributed by atoms with Crippen LogP contribution in [0.2, 0.25) is 5.15 Å². The largest absolute Gasteiger partial charge is 0.396 e. The molecule has 1 aromatic rings. The SMILES string of the molecule is CCOCc1nc(Cl)cc(NCC(CC)CCO)n1. The zero-order valence-electron chi connectivity index (χ0n) is 11.5. The second-order valence-electron chi connectivity index (χ2n) is 4.30. The second-order valence-corrected chi connectivity index (χ2v) is 4.68. The lowest BCUT2D eigenvalue weighted by atomic mass is 10.0. The fraction of sp³-hybridized carbons (Fsp3) is 0.692. The maximum atomic E-state index is 8.96. The fourth-order valence-corrected chi connectivity index (χ4v) is 1.90. The van der Waals surface area contributed by atoms with Crippen LogP contribution in [0.5, 0.6) is 0 Å². The number of halogens is 1. The van der Waals surface area contributed by atoms with Crippen LogP contribution in [0.3, 0.4) is 0 Å². The predicted molar refractivity (Wildman–Crippen MR) is 76.3 cm³/mol. The highest BCUT2D eigenvalue weighted by Crippen LogP contribution is 2.14. The maximum absolute atomic E-state index is 8.96. The maximum Gasteiger partial charge on any atom is 0.158 e. The second kappa shape index (κ2) is 9.07. The van der Waals surface area contributed by atoms with Gasteiger partial charge >= 0.3 is 0 Å². The van der Waals surface area contributed by atoms with Crippen molar-refractivity contribution in [1.82, 2.24) is 9.97 Å². The molecule has 5 nitrogen and oxygen atoms in total. The number of aliphatic hydroxyl groups excluding tert-OH is 1. The molecule has 19 heavy (non-hydrogen) atoms. The van der Waals surface area contributed by atoms with E-state index in [4.69, 9.17) is 21.4 Å². The summed E-state index contributed by atoms with van der Waals surface area (Å²) < 4.78 is 5.27. The predicted octanol–water partition coefficient (Wildman–Crippen LogP) is 2.49. The lowest BCUT2D eigenvalue weighted by Crippen LogP contribution is -2.16. The van der Waals surface area contributed by atoms with E-state index >= 15 is 0 Å². The first kappa shape index (κ1) is 16.1. The molecule has 0 bridgehead atoms. The van der Waals surface area contributed by atoms with E-state index < -0.39 is 0 Å². The number of aliphatic hydroxyl groups is 1. The van der Waals surface area contributed by atoms with Crippen molar-refractivity contribution in [2.75, 3.05) is 25.1 Å². The highest BCUT2D eigenvalue weighted by atomic mass is 35.5. The number of nitrogens with one attached hydrogen (secondary N) is 1. The van der Waals surface area contributed by atoms with Gasteiger partial charge in [-0.1, -0.05) is 24.9 Å². The van der Waals surface area contributed by atoms with Crippen LogP contribution in [0.4, 0.5) is 5.82 Å². The molecule has 0 aromatic carbocycles. The van der Waals surface area contributed by atoms with Gasteiger partial charge in [0.2, 0.25) is 0 Å². The topological polar surface area (TPSA) is 67.3 Å². The Hall–Kier alpha value is -0.910. The van der Waals surface area contributed by atoms with Crippen molar-refractivity contribution in [3.05, 3.63) is 17.0 Å². The van der Waals surface area contributed by atoms with Crippen LogP contribution in [-0.4, -0.2) is 34.8 Å². The third kappa shape index (κ3) is 6.18. The van der Waals surface area contributed by atoms with Gasteiger partial charge in [-0.3, -0.25) is 0 Å². The molecule has 1 rings (SSSR count). The molecule has 0 saturated carbocycles. The fourth-order valence-electron chi connectivity index (χ4n) is 1.70. The Labute approximate surface area is 119 Å². The molecule has 0 saturated heterocycles. The van der Waals surface area contributed by atoms with Crippen molar-refractivity contribution in [3.8, 4) is 0 Å². The van der Waals surface area contributed by atoms with E-state index in [9.17, 15) is 0 Å². The number of anilines is 1. The Kier molecular flexibility index (Phi) is 7.70. The Balaban J connectivity index is 2.59. The number of nitrogens with zero attached hydrogens (tertiary/aromatic N) is 2. The average molecular weight is 288 g/mol. The third-order valence-electron chi connectivity index (χ3n) is 2.86. The van der Waals surface area contributed by atoms with Gasteiger partial charge in [-0.25, -0.2) is 9.97 Å². The van der Waals surface area contributed by atoms with E-state index in [2.05, 4.69) is 22.2 Å². The summed E-state index contributed by atoms with van der Waals surface area (Å²) in [6.45, 7) is 5.98. The molecular formula is C13H22ClN3O2.